The van der Waals surface area contributed by atoms with E-state index in [1.54, 1.807) is 14.0 Å². The number of amides is 1. The van der Waals surface area contributed by atoms with Crippen LogP contribution < -0.4 is 5.32 Å². The fourth-order valence-electron chi connectivity index (χ4n) is 1.76. The highest BCUT2D eigenvalue weighted by Gasteiger charge is 2.38. The van der Waals surface area contributed by atoms with Crippen molar-refractivity contribution in [1.29, 1.82) is 0 Å². The van der Waals surface area contributed by atoms with E-state index in [2.05, 4.69) is 5.32 Å². The molecule has 1 aliphatic rings. The molecule has 0 atom stereocenters. The number of esters is 1. The van der Waals surface area contributed by atoms with Gasteiger partial charge in [0.15, 0.2) is 0 Å². The molecule has 1 aliphatic carbocycles. The van der Waals surface area contributed by atoms with E-state index in [0.29, 0.717) is 13.0 Å². The van der Waals surface area contributed by atoms with Gasteiger partial charge in [-0.3, -0.25) is 9.59 Å². The van der Waals surface area contributed by atoms with Crippen molar-refractivity contribution in [3.63, 3.8) is 0 Å². The maximum Gasteiger partial charge on any atom is 0.325 e. The normalized spacial score (nSPS) is 17.4. The molecule has 1 saturated carbocycles. The van der Waals surface area contributed by atoms with Gasteiger partial charge in [0.05, 0.1) is 18.6 Å². The summed E-state index contributed by atoms with van der Waals surface area (Å²) in [5.41, 5.74) is -0.293. The van der Waals surface area contributed by atoms with Crippen molar-refractivity contribution < 1.29 is 19.1 Å². The van der Waals surface area contributed by atoms with E-state index in [1.807, 2.05) is 0 Å². The first-order valence-corrected chi connectivity index (χ1v) is 5.59. The smallest absolute Gasteiger partial charge is 0.325 e. The van der Waals surface area contributed by atoms with Gasteiger partial charge in [-0.2, -0.15) is 0 Å². The monoisotopic (exact) mass is 229 g/mol. The van der Waals surface area contributed by atoms with Crippen molar-refractivity contribution in [2.45, 2.75) is 38.2 Å². The van der Waals surface area contributed by atoms with Gasteiger partial charge in [-0.05, 0) is 26.2 Å². The Morgan fingerprint density at radius 1 is 1.38 bits per heavy atom. The van der Waals surface area contributed by atoms with Crippen molar-refractivity contribution in [2.24, 2.45) is 0 Å². The Hall–Kier alpha value is -1.10. The highest BCUT2D eigenvalue weighted by molar-refractivity contribution is 5.82. The second kappa shape index (κ2) is 5.84. The summed E-state index contributed by atoms with van der Waals surface area (Å²) in [6, 6.07) is 0. The standard InChI is InChI=1S/C11H19NO4/c1-3-16-10(14)8-12-9(13)7-11(15-2)5-4-6-11/h3-8H2,1-2H3,(H,12,13). The van der Waals surface area contributed by atoms with Crippen molar-refractivity contribution in [2.75, 3.05) is 20.3 Å². The summed E-state index contributed by atoms with van der Waals surface area (Å²) in [7, 11) is 1.62. The summed E-state index contributed by atoms with van der Waals surface area (Å²) in [6.07, 6.45) is 3.24. The molecule has 5 heteroatoms. The molecule has 1 amide bonds. The molecule has 5 nitrogen and oxygen atoms in total. The summed E-state index contributed by atoms with van der Waals surface area (Å²) in [6.45, 7) is 2.00. The molecule has 0 unspecified atom stereocenters. The molecule has 1 rings (SSSR count). The van der Waals surface area contributed by atoms with E-state index < -0.39 is 5.97 Å². The molecule has 16 heavy (non-hydrogen) atoms. The first kappa shape index (κ1) is 13.0. The van der Waals surface area contributed by atoms with Crippen LogP contribution >= 0.6 is 0 Å². The molecule has 0 aliphatic heterocycles. The second-order valence-corrected chi connectivity index (χ2v) is 4.00. The molecular weight excluding hydrogens is 210 g/mol. The highest BCUT2D eigenvalue weighted by atomic mass is 16.5. The Labute approximate surface area is 95.5 Å². The average molecular weight is 229 g/mol. The van der Waals surface area contributed by atoms with E-state index in [0.717, 1.165) is 19.3 Å². The van der Waals surface area contributed by atoms with Gasteiger partial charge in [-0.25, -0.2) is 0 Å². The van der Waals surface area contributed by atoms with Gasteiger partial charge in [0.2, 0.25) is 5.91 Å². The number of hydrogen-bond acceptors (Lipinski definition) is 4. The molecule has 0 saturated heterocycles. The van der Waals surface area contributed by atoms with E-state index in [9.17, 15) is 9.59 Å². The lowest BCUT2D eigenvalue weighted by Gasteiger charge is -2.39. The Bertz CT molecular complexity index is 255. The first-order chi connectivity index (χ1) is 7.62. The lowest BCUT2D eigenvalue weighted by atomic mass is 9.77. The van der Waals surface area contributed by atoms with Crippen molar-refractivity contribution in [1.82, 2.24) is 5.32 Å². The van der Waals surface area contributed by atoms with Crippen LogP contribution in [0.4, 0.5) is 0 Å². The number of nitrogens with one attached hydrogen (secondary N) is 1. The third-order valence-electron chi connectivity index (χ3n) is 2.92. The molecule has 92 valence electrons. The largest absolute Gasteiger partial charge is 0.465 e. The molecule has 0 spiro atoms. The van der Waals surface area contributed by atoms with Gasteiger partial charge in [-0.1, -0.05) is 0 Å². The van der Waals surface area contributed by atoms with Crippen LogP contribution in [0.5, 0.6) is 0 Å². The minimum absolute atomic E-state index is 0.0630. The minimum Gasteiger partial charge on any atom is -0.465 e. The topological polar surface area (TPSA) is 64.6 Å². The summed E-state index contributed by atoms with van der Waals surface area (Å²) in [5.74, 6) is -0.564. The van der Waals surface area contributed by atoms with Crippen LogP contribution in [-0.4, -0.2) is 37.7 Å². The van der Waals surface area contributed by atoms with E-state index in [1.165, 1.54) is 0 Å². The predicted molar refractivity (Wildman–Crippen MR) is 57.9 cm³/mol. The third kappa shape index (κ3) is 3.48. The van der Waals surface area contributed by atoms with Gasteiger partial charge < -0.3 is 14.8 Å². The Morgan fingerprint density at radius 2 is 2.06 bits per heavy atom. The molecule has 1 fully saturated rings. The third-order valence-corrected chi connectivity index (χ3v) is 2.92. The van der Waals surface area contributed by atoms with Gasteiger partial charge in [0.25, 0.3) is 0 Å². The molecule has 0 aromatic rings. The zero-order valence-electron chi connectivity index (χ0n) is 9.88. The molecule has 0 aromatic carbocycles. The Kier molecular flexibility index (Phi) is 4.73. The van der Waals surface area contributed by atoms with Crippen LogP contribution in [0.25, 0.3) is 0 Å². The van der Waals surface area contributed by atoms with Crippen molar-refractivity contribution >= 4 is 11.9 Å². The van der Waals surface area contributed by atoms with Crippen LogP contribution in [0.15, 0.2) is 0 Å². The summed E-state index contributed by atoms with van der Waals surface area (Å²) >= 11 is 0. The van der Waals surface area contributed by atoms with Gasteiger partial charge in [0, 0.05) is 7.11 Å². The van der Waals surface area contributed by atoms with Crippen molar-refractivity contribution in [3.05, 3.63) is 0 Å². The van der Waals surface area contributed by atoms with Crippen molar-refractivity contribution in [3.8, 4) is 0 Å². The van der Waals surface area contributed by atoms with E-state index in [-0.39, 0.29) is 18.1 Å². The second-order valence-electron chi connectivity index (χ2n) is 4.00. The number of carbonyl (C=O) groups excluding carboxylic acids is 2. The molecule has 0 aromatic heterocycles. The average Bonchev–Trinajstić information content (AvgIpc) is 2.21. The summed E-state index contributed by atoms with van der Waals surface area (Å²) < 4.78 is 10.0. The summed E-state index contributed by atoms with van der Waals surface area (Å²) in [4.78, 5) is 22.5. The number of rotatable bonds is 6. The minimum atomic E-state index is -0.407. The first-order valence-electron chi connectivity index (χ1n) is 5.59. The van der Waals surface area contributed by atoms with E-state index >= 15 is 0 Å². The summed E-state index contributed by atoms with van der Waals surface area (Å²) in [5, 5.41) is 2.53. The van der Waals surface area contributed by atoms with Gasteiger partial charge in [-0.15, -0.1) is 0 Å². The number of ether oxygens (including phenoxy) is 2. The van der Waals surface area contributed by atoms with Crippen LogP contribution in [0, 0.1) is 0 Å². The molecule has 0 radical (unpaired) electrons. The maximum atomic E-state index is 11.5. The van der Waals surface area contributed by atoms with E-state index in [4.69, 9.17) is 9.47 Å². The lowest BCUT2D eigenvalue weighted by Crippen LogP contribution is -2.44. The molecular formula is C11H19NO4. The van der Waals surface area contributed by atoms with Gasteiger partial charge in [0.1, 0.15) is 6.54 Å². The van der Waals surface area contributed by atoms with Crippen LogP contribution in [-0.2, 0) is 19.1 Å². The molecule has 0 heterocycles. The fraction of sp³-hybridized carbons (Fsp3) is 0.818. The maximum absolute atomic E-state index is 11.5. The zero-order chi connectivity index (χ0) is 12.0. The van der Waals surface area contributed by atoms with Crippen LogP contribution in [0.1, 0.15) is 32.6 Å². The quantitative estimate of drug-likeness (QED) is 0.678. The molecule has 1 N–H and O–H groups in total. The van der Waals surface area contributed by atoms with Gasteiger partial charge >= 0.3 is 5.97 Å². The predicted octanol–water partition coefficient (Wildman–Crippen LogP) is 0.625. The fourth-order valence-corrected chi connectivity index (χ4v) is 1.76. The Morgan fingerprint density at radius 3 is 2.50 bits per heavy atom. The number of carbonyl (C=O) groups is 2. The highest BCUT2D eigenvalue weighted by Crippen LogP contribution is 2.37. The molecule has 0 bridgehead atoms. The lowest BCUT2D eigenvalue weighted by molar-refractivity contribution is -0.145. The zero-order valence-corrected chi connectivity index (χ0v) is 9.88. The van der Waals surface area contributed by atoms with Crippen LogP contribution in [0.2, 0.25) is 0 Å². The SMILES string of the molecule is CCOC(=O)CNC(=O)CC1(OC)CCC1. The number of hydrogen-bond donors (Lipinski definition) is 1. The number of methoxy groups -OCH3 is 1. The Balaban J connectivity index is 2.22. The van der Waals surface area contributed by atoms with Crippen LogP contribution in [0.3, 0.4) is 0 Å².